The van der Waals surface area contributed by atoms with Crippen LogP contribution in [0.25, 0.3) is 0 Å². The van der Waals surface area contributed by atoms with Crippen LogP contribution in [-0.4, -0.2) is 35.2 Å². The molecule has 0 aromatic heterocycles. The number of benzene rings is 2. The third-order valence-corrected chi connectivity index (χ3v) is 4.37. The number of carboxylic acid groups (broad SMARTS) is 1. The number of aliphatic hydroxyl groups is 1. The van der Waals surface area contributed by atoms with Crippen molar-refractivity contribution in [3.05, 3.63) is 64.2 Å². The van der Waals surface area contributed by atoms with Crippen LogP contribution in [0.4, 0.5) is 13.2 Å². The van der Waals surface area contributed by atoms with Crippen LogP contribution < -0.4 is 10.1 Å². The number of carboxylic acids is 1. The second kappa shape index (κ2) is 9.15. The molecule has 0 unspecified atom stereocenters. The second-order valence-electron chi connectivity index (χ2n) is 6.09. The predicted molar refractivity (Wildman–Crippen MR) is 97.7 cm³/mol. The molecule has 0 spiro atoms. The van der Waals surface area contributed by atoms with Crippen LogP contribution in [0.2, 0.25) is 5.02 Å². The zero-order chi connectivity index (χ0) is 21.8. The number of rotatable bonds is 7. The van der Waals surface area contributed by atoms with Gasteiger partial charge in [0, 0.05) is 6.42 Å². The van der Waals surface area contributed by atoms with Gasteiger partial charge >= 0.3 is 12.1 Å². The van der Waals surface area contributed by atoms with Crippen molar-refractivity contribution in [3.63, 3.8) is 0 Å². The van der Waals surface area contributed by atoms with Crippen molar-refractivity contribution in [3.8, 4) is 5.75 Å². The van der Waals surface area contributed by atoms with E-state index >= 15 is 0 Å². The summed E-state index contributed by atoms with van der Waals surface area (Å²) >= 11 is 5.99. The van der Waals surface area contributed by atoms with Crippen LogP contribution >= 0.6 is 11.6 Å². The molecule has 2 aromatic carbocycles. The number of aliphatic carboxylic acids is 1. The summed E-state index contributed by atoms with van der Waals surface area (Å²) in [5.74, 6) is -2.02. The molecular weight excluding hydrogens is 415 g/mol. The average Bonchev–Trinajstić information content (AvgIpc) is 2.66. The van der Waals surface area contributed by atoms with Crippen LogP contribution in [0.3, 0.4) is 0 Å². The van der Waals surface area contributed by atoms with Crippen molar-refractivity contribution < 1.29 is 37.7 Å². The summed E-state index contributed by atoms with van der Waals surface area (Å²) < 4.78 is 42.8. The van der Waals surface area contributed by atoms with Gasteiger partial charge in [-0.05, 0) is 35.4 Å². The number of alkyl halides is 3. The van der Waals surface area contributed by atoms with Crippen molar-refractivity contribution in [1.29, 1.82) is 0 Å². The Morgan fingerprint density at radius 2 is 1.79 bits per heavy atom. The number of hydrogen-bond acceptors (Lipinski definition) is 4. The summed E-state index contributed by atoms with van der Waals surface area (Å²) in [6, 6.07) is 6.54. The molecule has 1 amide bonds. The van der Waals surface area contributed by atoms with Gasteiger partial charge in [0.25, 0.3) is 5.91 Å². The van der Waals surface area contributed by atoms with Crippen LogP contribution in [0.1, 0.15) is 22.8 Å². The van der Waals surface area contributed by atoms with Crippen molar-refractivity contribution in [2.75, 3.05) is 7.11 Å². The lowest BCUT2D eigenvalue weighted by Crippen LogP contribution is -2.44. The Balaban J connectivity index is 2.10. The summed E-state index contributed by atoms with van der Waals surface area (Å²) in [5.41, 5.74) is -0.548. The van der Waals surface area contributed by atoms with Crippen LogP contribution in [0, 0.1) is 0 Å². The number of aliphatic hydroxyl groups excluding tert-OH is 1. The fourth-order valence-corrected chi connectivity index (χ4v) is 2.81. The first-order valence-corrected chi connectivity index (χ1v) is 8.61. The fourth-order valence-electron chi connectivity index (χ4n) is 2.53. The van der Waals surface area contributed by atoms with Gasteiger partial charge < -0.3 is 20.3 Å². The van der Waals surface area contributed by atoms with Gasteiger partial charge in [-0.1, -0.05) is 29.8 Å². The number of ether oxygens (including phenoxy) is 1. The summed E-state index contributed by atoms with van der Waals surface area (Å²) in [4.78, 5) is 23.7. The number of nitrogens with one attached hydrogen (secondary N) is 1. The van der Waals surface area contributed by atoms with Gasteiger partial charge in [-0.15, -0.1) is 0 Å². The minimum Gasteiger partial charge on any atom is -0.495 e. The van der Waals surface area contributed by atoms with Gasteiger partial charge in [0.05, 0.1) is 17.7 Å². The standard InChI is InChI=1S/C19H17ClF3NO5/c1-29-15-7-2-10(8-13(15)20)9-14(18(27)28)24-17(26)16(25)11-3-5-12(6-4-11)19(21,22)23/h2-8,14,16,25H,9H2,1H3,(H,24,26)(H,27,28)/t14-,16-/m1/s1. The van der Waals surface area contributed by atoms with Crippen molar-refractivity contribution in [2.24, 2.45) is 0 Å². The highest BCUT2D eigenvalue weighted by atomic mass is 35.5. The van der Waals surface area contributed by atoms with Gasteiger partial charge in [-0.25, -0.2) is 4.79 Å². The highest BCUT2D eigenvalue weighted by Gasteiger charge is 2.31. The van der Waals surface area contributed by atoms with E-state index in [9.17, 15) is 33.0 Å². The first-order valence-electron chi connectivity index (χ1n) is 8.23. The van der Waals surface area contributed by atoms with E-state index in [2.05, 4.69) is 5.32 Å². The molecule has 2 rings (SSSR count). The van der Waals surface area contributed by atoms with E-state index in [0.29, 0.717) is 11.3 Å². The Kier molecular flexibility index (Phi) is 7.10. The number of carbonyl (C=O) groups excluding carboxylic acids is 1. The largest absolute Gasteiger partial charge is 0.495 e. The van der Waals surface area contributed by atoms with E-state index in [1.807, 2.05) is 0 Å². The van der Waals surface area contributed by atoms with Crippen LogP contribution in [-0.2, 0) is 22.2 Å². The van der Waals surface area contributed by atoms with E-state index in [-0.39, 0.29) is 17.0 Å². The van der Waals surface area contributed by atoms with E-state index in [1.54, 1.807) is 6.07 Å². The number of halogens is 4. The maximum absolute atomic E-state index is 12.6. The lowest BCUT2D eigenvalue weighted by Gasteiger charge is -2.18. The summed E-state index contributed by atoms with van der Waals surface area (Å²) in [5, 5.41) is 21.8. The Hall–Kier alpha value is -2.78. The molecule has 6 nitrogen and oxygen atoms in total. The number of hydrogen-bond donors (Lipinski definition) is 3. The first kappa shape index (κ1) is 22.5. The van der Waals surface area contributed by atoms with Gasteiger partial charge in [0.15, 0.2) is 6.10 Å². The highest BCUT2D eigenvalue weighted by molar-refractivity contribution is 6.32. The topological polar surface area (TPSA) is 95.9 Å². The molecular formula is C19H17ClF3NO5. The third kappa shape index (κ3) is 5.85. The zero-order valence-electron chi connectivity index (χ0n) is 15.0. The summed E-state index contributed by atoms with van der Waals surface area (Å²) in [7, 11) is 1.42. The summed E-state index contributed by atoms with van der Waals surface area (Å²) in [6.45, 7) is 0. The van der Waals surface area contributed by atoms with Crippen LogP contribution in [0.5, 0.6) is 5.75 Å². The molecule has 0 bridgehead atoms. The quantitative estimate of drug-likeness (QED) is 0.625. The molecule has 2 atom stereocenters. The molecule has 0 aliphatic heterocycles. The Morgan fingerprint density at radius 3 is 2.28 bits per heavy atom. The molecule has 29 heavy (non-hydrogen) atoms. The lowest BCUT2D eigenvalue weighted by atomic mass is 10.0. The van der Waals surface area contributed by atoms with E-state index in [4.69, 9.17) is 16.3 Å². The second-order valence-corrected chi connectivity index (χ2v) is 6.50. The molecule has 3 N–H and O–H groups in total. The van der Waals surface area contributed by atoms with E-state index < -0.39 is 35.8 Å². The SMILES string of the molecule is COc1ccc(C[C@@H](NC(=O)[C@H](O)c2ccc(C(F)(F)F)cc2)C(=O)O)cc1Cl. The monoisotopic (exact) mass is 431 g/mol. The molecule has 156 valence electrons. The normalized spacial score (nSPS) is 13.4. The maximum atomic E-state index is 12.6. The van der Waals surface area contributed by atoms with Crippen LogP contribution in [0.15, 0.2) is 42.5 Å². The Labute approximate surface area is 168 Å². The molecule has 0 saturated carbocycles. The number of methoxy groups -OCH3 is 1. The maximum Gasteiger partial charge on any atom is 0.416 e. The number of amides is 1. The van der Waals surface area contributed by atoms with E-state index in [0.717, 1.165) is 24.3 Å². The average molecular weight is 432 g/mol. The number of carbonyl (C=O) groups is 2. The molecule has 0 heterocycles. The molecule has 0 saturated heterocycles. The molecule has 0 fully saturated rings. The Bertz CT molecular complexity index is 886. The first-order chi connectivity index (χ1) is 13.5. The van der Waals surface area contributed by atoms with Gasteiger partial charge in [0.2, 0.25) is 0 Å². The van der Waals surface area contributed by atoms with Gasteiger partial charge in [0.1, 0.15) is 11.8 Å². The third-order valence-electron chi connectivity index (χ3n) is 4.07. The predicted octanol–water partition coefficient (Wildman–Crippen LogP) is 3.21. The smallest absolute Gasteiger partial charge is 0.416 e. The Morgan fingerprint density at radius 1 is 1.17 bits per heavy atom. The molecule has 2 aromatic rings. The van der Waals surface area contributed by atoms with Crippen molar-refractivity contribution in [1.82, 2.24) is 5.32 Å². The van der Waals surface area contributed by atoms with Crippen molar-refractivity contribution >= 4 is 23.5 Å². The fraction of sp³-hybridized carbons (Fsp3) is 0.263. The lowest BCUT2D eigenvalue weighted by molar-refractivity contribution is -0.143. The molecule has 0 aliphatic rings. The zero-order valence-corrected chi connectivity index (χ0v) is 15.8. The van der Waals surface area contributed by atoms with E-state index in [1.165, 1.54) is 19.2 Å². The minimum absolute atomic E-state index is 0.105. The minimum atomic E-state index is -4.56. The molecule has 10 heteroatoms. The molecule has 0 aliphatic carbocycles. The van der Waals surface area contributed by atoms with Gasteiger partial charge in [-0.3, -0.25) is 4.79 Å². The highest BCUT2D eigenvalue weighted by Crippen LogP contribution is 2.30. The summed E-state index contributed by atoms with van der Waals surface area (Å²) in [6.07, 6.45) is -6.52. The van der Waals surface area contributed by atoms with Crippen molar-refractivity contribution in [2.45, 2.75) is 24.7 Å². The van der Waals surface area contributed by atoms with Gasteiger partial charge in [-0.2, -0.15) is 13.2 Å². The molecule has 0 radical (unpaired) electrons.